The molecule has 2 nitrogen and oxygen atoms in total. The van der Waals surface area contributed by atoms with Gasteiger partial charge in [0.1, 0.15) is 0 Å². The Bertz CT molecular complexity index is 427. The van der Waals surface area contributed by atoms with E-state index >= 15 is 0 Å². The summed E-state index contributed by atoms with van der Waals surface area (Å²) in [5, 5.41) is 7.47. The van der Waals surface area contributed by atoms with E-state index in [1.165, 1.54) is 42.6 Å². The Morgan fingerprint density at radius 2 is 2.24 bits per heavy atom. The first-order valence-corrected chi connectivity index (χ1v) is 6.80. The van der Waals surface area contributed by atoms with Crippen LogP contribution in [0.3, 0.4) is 0 Å². The molecule has 1 saturated carbocycles. The van der Waals surface area contributed by atoms with E-state index in [4.69, 9.17) is 0 Å². The summed E-state index contributed by atoms with van der Waals surface area (Å²) in [7, 11) is 0. The van der Waals surface area contributed by atoms with Crippen molar-refractivity contribution in [2.24, 2.45) is 5.92 Å². The minimum Gasteiger partial charge on any atom is -0.381 e. The van der Waals surface area contributed by atoms with Crippen molar-refractivity contribution in [1.29, 1.82) is 0 Å². The van der Waals surface area contributed by atoms with E-state index in [0.717, 1.165) is 12.5 Å². The normalized spacial score (nSPS) is 31.5. The van der Waals surface area contributed by atoms with Crippen LogP contribution in [0, 0.1) is 12.8 Å². The van der Waals surface area contributed by atoms with Gasteiger partial charge in [0.25, 0.3) is 0 Å². The largest absolute Gasteiger partial charge is 0.381 e. The van der Waals surface area contributed by atoms with Gasteiger partial charge in [0.05, 0.1) is 16.9 Å². The highest BCUT2D eigenvalue weighted by molar-refractivity contribution is 5.75. The van der Waals surface area contributed by atoms with E-state index in [2.05, 4.69) is 42.7 Å². The minimum absolute atomic E-state index is 0.304. The first-order chi connectivity index (χ1) is 8.19. The van der Waals surface area contributed by atoms with Crippen LogP contribution < -0.4 is 10.6 Å². The number of anilines is 2. The zero-order valence-electron chi connectivity index (χ0n) is 10.8. The molecule has 92 valence electrons. The van der Waals surface area contributed by atoms with Gasteiger partial charge in [-0.05, 0) is 37.3 Å². The third kappa shape index (κ3) is 1.90. The van der Waals surface area contributed by atoms with Crippen LogP contribution >= 0.6 is 0 Å². The van der Waals surface area contributed by atoms with Gasteiger partial charge in [0.2, 0.25) is 0 Å². The molecule has 0 bridgehead atoms. The maximum atomic E-state index is 3.82. The lowest BCUT2D eigenvalue weighted by Crippen LogP contribution is -2.50. The first-order valence-electron chi connectivity index (χ1n) is 6.80. The summed E-state index contributed by atoms with van der Waals surface area (Å²) in [4.78, 5) is 0. The van der Waals surface area contributed by atoms with E-state index in [-0.39, 0.29) is 0 Å². The smallest absolute Gasteiger partial charge is 0.0606 e. The zero-order chi connectivity index (χ0) is 11.9. The summed E-state index contributed by atoms with van der Waals surface area (Å²) in [6, 6.07) is 6.53. The summed E-state index contributed by atoms with van der Waals surface area (Å²) in [6.45, 7) is 5.64. The summed E-state index contributed by atoms with van der Waals surface area (Å²) in [5.41, 5.74) is 4.24. The van der Waals surface area contributed by atoms with Crippen molar-refractivity contribution in [1.82, 2.24) is 0 Å². The molecule has 1 spiro atoms. The van der Waals surface area contributed by atoms with Crippen LogP contribution in [-0.4, -0.2) is 12.1 Å². The maximum absolute atomic E-state index is 3.82. The molecule has 1 aliphatic heterocycles. The van der Waals surface area contributed by atoms with E-state index in [1.807, 2.05) is 0 Å². The molecule has 1 heterocycles. The fourth-order valence-corrected chi connectivity index (χ4v) is 3.53. The molecule has 1 aromatic rings. The predicted octanol–water partition coefficient (Wildman–Crippen LogP) is 3.78. The Labute approximate surface area is 104 Å². The first kappa shape index (κ1) is 10.9. The summed E-state index contributed by atoms with van der Waals surface area (Å²) in [6.07, 6.45) is 5.35. The highest BCUT2D eigenvalue weighted by Gasteiger charge is 2.37. The van der Waals surface area contributed by atoms with Gasteiger partial charge in [-0.2, -0.15) is 0 Å². The number of nitrogens with one attached hydrogen (secondary N) is 2. The summed E-state index contributed by atoms with van der Waals surface area (Å²) in [5.74, 6) is 0.851. The molecule has 17 heavy (non-hydrogen) atoms. The Morgan fingerprint density at radius 1 is 1.35 bits per heavy atom. The van der Waals surface area contributed by atoms with Gasteiger partial charge >= 0.3 is 0 Å². The van der Waals surface area contributed by atoms with Crippen LogP contribution in [0.15, 0.2) is 18.2 Å². The van der Waals surface area contributed by atoms with Gasteiger partial charge in [-0.25, -0.2) is 0 Å². The van der Waals surface area contributed by atoms with Gasteiger partial charge in [-0.1, -0.05) is 31.9 Å². The third-order valence-corrected chi connectivity index (χ3v) is 4.37. The molecule has 2 aliphatic rings. The summed E-state index contributed by atoms with van der Waals surface area (Å²) < 4.78 is 0. The molecule has 2 heteroatoms. The topological polar surface area (TPSA) is 24.1 Å². The number of hydrogen-bond acceptors (Lipinski definition) is 2. The van der Waals surface area contributed by atoms with Gasteiger partial charge in [0, 0.05) is 6.54 Å². The van der Waals surface area contributed by atoms with Crippen molar-refractivity contribution in [3.05, 3.63) is 23.8 Å². The predicted molar refractivity (Wildman–Crippen MR) is 73.7 cm³/mol. The van der Waals surface area contributed by atoms with Crippen LogP contribution in [0.25, 0.3) is 0 Å². The lowest BCUT2D eigenvalue weighted by atomic mass is 9.75. The number of para-hydroxylation sites is 1. The lowest BCUT2D eigenvalue weighted by Gasteiger charge is -2.45. The van der Waals surface area contributed by atoms with Crippen LogP contribution in [0.2, 0.25) is 0 Å². The number of aryl methyl sites for hydroxylation is 1. The van der Waals surface area contributed by atoms with Crippen LogP contribution in [0.1, 0.15) is 38.2 Å². The average molecular weight is 230 g/mol. The molecular formula is C15H22N2. The molecule has 0 radical (unpaired) electrons. The van der Waals surface area contributed by atoms with Crippen molar-refractivity contribution in [3.8, 4) is 0 Å². The Morgan fingerprint density at radius 3 is 3.06 bits per heavy atom. The zero-order valence-corrected chi connectivity index (χ0v) is 10.8. The fourth-order valence-electron chi connectivity index (χ4n) is 3.53. The number of hydrogen-bond donors (Lipinski definition) is 2. The Balaban J connectivity index is 1.89. The molecule has 2 atom stereocenters. The number of benzene rings is 1. The average Bonchev–Trinajstić information content (AvgIpc) is 2.28. The van der Waals surface area contributed by atoms with E-state index in [0.29, 0.717) is 5.54 Å². The van der Waals surface area contributed by atoms with Gasteiger partial charge in [-0.3, -0.25) is 0 Å². The van der Waals surface area contributed by atoms with Gasteiger partial charge < -0.3 is 10.6 Å². The van der Waals surface area contributed by atoms with Crippen molar-refractivity contribution in [2.45, 2.75) is 45.1 Å². The molecule has 2 unspecified atom stereocenters. The summed E-state index contributed by atoms with van der Waals surface area (Å²) >= 11 is 0. The van der Waals surface area contributed by atoms with Crippen molar-refractivity contribution in [2.75, 3.05) is 17.2 Å². The third-order valence-electron chi connectivity index (χ3n) is 4.37. The van der Waals surface area contributed by atoms with E-state index < -0.39 is 0 Å². The van der Waals surface area contributed by atoms with Crippen LogP contribution in [0.4, 0.5) is 11.4 Å². The molecule has 2 N–H and O–H groups in total. The van der Waals surface area contributed by atoms with Gasteiger partial charge in [0.15, 0.2) is 0 Å². The minimum atomic E-state index is 0.304. The van der Waals surface area contributed by atoms with Gasteiger partial charge in [-0.15, -0.1) is 0 Å². The molecular weight excluding hydrogens is 208 g/mol. The fraction of sp³-hybridized carbons (Fsp3) is 0.600. The van der Waals surface area contributed by atoms with Crippen molar-refractivity contribution < 1.29 is 0 Å². The molecule has 1 aliphatic carbocycles. The van der Waals surface area contributed by atoms with Crippen molar-refractivity contribution in [3.63, 3.8) is 0 Å². The molecule has 3 rings (SSSR count). The molecule has 0 amide bonds. The standard InChI is InChI=1S/C15H22N2/c1-11-5-4-8-15(9-11)10-16-14-12(2)6-3-7-13(14)17-15/h3,6-7,11,16-17H,4-5,8-10H2,1-2H3. The second-order valence-corrected chi connectivity index (χ2v) is 5.96. The molecule has 0 aromatic heterocycles. The quantitative estimate of drug-likeness (QED) is 0.708. The lowest BCUT2D eigenvalue weighted by molar-refractivity contribution is 0.266. The van der Waals surface area contributed by atoms with E-state index in [9.17, 15) is 0 Å². The number of fused-ring (bicyclic) bond motifs is 1. The monoisotopic (exact) mass is 230 g/mol. The highest BCUT2D eigenvalue weighted by Crippen LogP contribution is 2.40. The maximum Gasteiger partial charge on any atom is 0.0606 e. The molecule has 1 aromatic carbocycles. The SMILES string of the molecule is Cc1cccc2c1NCC1(CCCC(C)C1)N2. The Hall–Kier alpha value is -1.18. The second-order valence-electron chi connectivity index (χ2n) is 5.96. The van der Waals surface area contributed by atoms with Crippen LogP contribution in [-0.2, 0) is 0 Å². The second kappa shape index (κ2) is 3.94. The van der Waals surface area contributed by atoms with Crippen molar-refractivity contribution >= 4 is 11.4 Å². The highest BCUT2D eigenvalue weighted by atomic mass is 15.1. The Kier molecular flexibility index (Phi) is 2.53. The van der Waals surface area contributed by atoms with E-state index in [1.54, 1.807) is 0 Å². The van der Waals surface area contributed by atoms with Crippen LogP contribution in [0.5, 0.6) is 0 Å². The molecule has 1 fully saturated rings. The molecule has 0 saturated heterocycles. The number of rotatable bonds is 0.